The van der Waals surface area contributed by atoms with Crippen molar-refractivity contribution in [3.63, 3.8) is 0 Å². The van der Waals surface area contributed by atoms with Gasteiger partial charge in [-0.1, -0.05) is 12.1 Å². The summed E-state index contributed by atoms with van der Waals surface area (Å²) >= 11 is 0. The number of carbonyl (C=O) groups excluding carboxylic acids is 1. The second kappa shape index (κ2) is 11.9. The van der Waals surface area contributed by atoms with E-state index in [1.165, 1.54) is 12.1 Å². The van der Waals surface area contributed by atoms with Crippen LogP contribution in [-0.2, 0) is 9.53 Å². The highest BCUT2D eigenvalue weighted by Gasteiger charge is 2.19. The Bertz CT molecular complexity index is 1310. The largest absolute Gasteiger partial charge is 0.461 e. The van der Waals surface area contributed by atoms with Gasteiger partial charge < -0.3 is 19.4 Å². The highest BCUT2D eigenvalue weighted by atomic mass is 19.1. The molecule has 0 bridgehead atoms. The number of fused-ring (bicyclic) bond motifs is 1. The highest BCUT2D eigenvalue weighted by Crippen LogP contribution is 2.28. The van der Waals surface area contributed by atoms with Crippen molar-refractivity contribution in [3.05, 3.63) is 72.7 Å². The summed E-state index contributed by atoms with van der Waals surface area (Å²) in [7, 11) is 0. The van der Waals surface area contributed by atoms with Crippen molar-refractivity contribution in [2.45, 2.75) is 12.8 Å². The van der Waals surface area contributed by atoms with Crippen LogP contribution in [0.3, 0.4) is 0 Å². The lowest BCUT2D eigenvalue weighted by atomic mass is 10.2. The van der Waals surface area contributed by atoms with E-state index in [0.29, 0.717) is 23.8 Å². The number of rotatable bonds is 10. The SMILES string of the molecule is O=C(CCN(CCCN1CCOCC1)c1nc(-c2ccco2)nc2ccccc12)Nc1ccc(F)cc1. The minimum atomic E-state index is -0.340. The molecule has 0 saturated carbocycles. The molecule has 1 N–H and O–H groups in total. The fraction of sp³-hybridized carbons (Fsp3) is 0.321. The molecule has 1 fully saturated rings. The molecule has 0 atom stereocenters. The molecular weight excluding hydrogens is 473 g/mol. The molecule has 1 amide bonds. The van der Waals surface area contributed by atoms with E-state index >= 15 is 0 Å². The van der Waals surface area contributed by atoms with E-state index in [4.69, 9.17) is 19.1 Å². The fourth-order valence-corrected chi connectivity index (χ4v) is 4.44. The Kier molecular flexibility index (Phi) is 8.02. The summed E-state index contributed by atoms with van der Waals surface area (Å²) in [5.41, 5.74) is 1.38. The third kappa shape index (κ3) is 6.49. The molecule has 37 heavy (non-hydrogen) atoms. The van der Waals surface area contributed by atoms with Gasteiger partial charge in [0.25, 0.3) is 0 Å². The summed E-state index contributed by atoms with van der Waals surface area (Å²) in [6.07, 6.45) is 2.77. The molecule has 3 heterocycles. The third-order valence-corrected chi connectivity index (χ3v) is 6.37. The van der Waals surface area contributed by atoms with Gasteiger partial charge in [0.05, 0.1) is 25.0 Å². The van der Waals surface area contributed by atoms with E-state index in [-0.39, 0.29) is 18.1 Å². The molecule has 5 rings (SSSR count). The Labute approximate surface area is 215 Å². The number of ether oxygens (including phenoxy) is 1. The summed E-state index contributed by atoms with van der Waals surface area (Å²) in [5.74, 6) is 1.39. The number of morpholine rings is 1. The third-order valence-electron chi connectivity index (χ3n) is 6.37. The van der Waals surface area contributed by atoms with E-state index in [9.17, 15) is 9.18 Å². The van der Waals surface area contributed by atoms with Crippen molar-refractivity contribution in [1.82, 2.24) is 14.9 Å². The first-order chi connectivity index (χ1) is 18.2. The van der Waals surface area contributed by atoms with Crippen molar-refractivity contribution >= 4 is 28.3 Å². The smallest absolute Gasteiger partial charge is 0.226 e. The topological polar surface area (TPSA) is 83.7 Å². The highest BCUT2D eigenvalue weighted by molar-refractivity contribution is 5.93. The van der Waals surface area contributed by atoms with Crippen molar-refractivity contribution in [2.24, 2.45) is 0 Å². The number of halogens is 1. The zero-order valence-electron chi connectivity index (χ0n) is 20.6. The maximum Gasteiger partial charge on any atom is 0.226 e. The monoisotopic (exact) mass is 503 g/mol. The van der Waals surface area contributed by atoms with Gasteiger partial charge >= 0.3 is 0 Å². The minimum absolute atomic E-state index is 0.144. The Morgan fingerprint density at radius 1 is 1.00 bits per heavy atom. The number of nitrogens with zero attached hydrogens (tertiary/aromatic N) is 4. The van der Waals surface area contributed by atoms with Crippen LogP contribution in [0.1, 0.15) is 12.8 Å². The summed E-state index contributed by atoms with van der Waals surface area (Å²) in [6, 6.07) is 17.3. The van der Waals surface area contributed by atoms with Crippen LogP contribution in [0, 0.1) is 5.82 Å². The van der Waals surface area contributed by atoms with Crippen LogP contribution in [0.15, 0.2) is 71.3 Å². The fourth-order valence-electron chi connectivity index (χ4n) is 4.44. The van der Waals surface area contributed by atoms with Gasteiger partial charge in [0.2, 0.25) is 5.91 Å². The molecule has 4 aromatic rings. The first-order valence-electron chi connectivity index (χ1n) is 12.6. The second-order valence-electron chi connectivity index (χ2n) is 8.96. The molecule has 0 aliphatic carbocycles. The second-order valence-corrected chi connectivity index (χ2v) is 8.96. The zero-order chi connectivity index (χ0) is 25.5. The first kappa shape index (κ1) is 24.9. The summed E-state index contributed by atoms with van der Waals surface area (Å²) in [4.78, 5) is 26.9. The average molecular weight is 504 g/mol. The molecule has 0 unspecified atom stereocenters. The molecule has 0 radical (unpaired) electrons. The normalized spacial score (nSPS) is 14.1. The van der Waals surface area contributed by atoms with Crippen LogP contribution in [0.2, 0.25) is 0 Å². The number of para-hydroxylation sites is 1. The van der Waals surface area contributed by atoms with Gasteiger partial charge in [0.1, 0.15) is 11.6 Å². The van der Waals surface area contributed by atoms with E-state index in [1.807, 2.05) is 36.4 Å². The number of hydrogen-bond acceptors (Lipinski definition) is 7. The maximum absolute atomic E-state index is 13.2. The molecule has 1 saturated heterocycles. The molecular formula is C28H30FN5O3. The average Bonchev–Trinajstić information content (AvgIpc) is 3.47. The van der Waals surface area contributed by atoms with Gasteiger partial charge in [-0.25, -0.2) is 14.4 Å². The van der Waals surface area contributed by atoms with E-state index < -0.39 is 0 Å². The summed E-state index contributed by atoms with van der Waals surface area (Å²) in [5, 5.41) is 3.77. The van der Waals surface area contributed by atoms with Gasteiger partial charge in [-0.15, -0.1) is 0 Å². The van der Waals surface area contributed by atoms with Crippen LogP contribution >= 0.6 is 0 Å². The molecule has 8 nitrogen and oxygen atoms in total. The zero-order valence-corrected chi connectivity index (χ0v) is 20.6. The van der Waals surface area contributed by atoms with E-state index in [2.05, 4.69) is 15.1 Å². The lowest BCUT2D eigenvalue weighted by molar-refractivity contribution is -0.116. The number of hydrogen-bond donors (Lipinski definition) is 1. The molecule has 2 aromatic heterocycles. The Morgan fingerprint density at radius 2 is 1.81 bits per heavy atom. The van der Waals surface area contributed by atoms with Crippen LogP contribution in [0.5, 0.6) is 0 Å². The van der Waals surface area contributed by atoms with Gasteiger partial charge in [-0.3, -0.25) is 9.69 Å². The number of carbonyl (C=O) groups is 1. The molecule has 0 spiro atoms. The Balaban J connectivity index is 1.37. The molecule has 192 valence electrons. The summed E-state index contributed by atoms with van der Waals surface area (Å²) < 4.78 is 24.3. The first-order valence-corrected chi connectivity index (χ1v) is 12.6. The van der Waals surface area contributed by atoms with Crippen LogP contribution < -0.4 is 10.2 Å². The van der Waals surface area contributed by atoms with Crippen LogP contribution in [0.4, 0.5) is 15.9 Å². The van der Waals surface area contributed by atoms with Crippen molar-refractivity contribution in [2.75, 3.05) is 56.2 Å². The number of amides is 1. The maximum atomic E-state index is 13.2. The number of benzene rings is 2. The summed E-state index contributed by atoms with van der Waals surface area (Å²) in [6.45, 7) is 5.51. The standard InChI is InChI=1S/C28H30FN5O3/c29-21-8-10-22(11-9-21)30-26(35)12-15-34(14-4-13-33-16-19-36-20-17-33)28-23-5-1-2-6-24(23)31-27(32-28)25-7-3-18-37-25/h1-3,5-11,18H,4,12-17,19-20H2,(H,30,35). The van der Waals surface area contributed by atoms with Gasteiger partial charge in [-0.05, 0) is 55.0 Å². The predicted octanol–water partition coefficient (Wildman–Crippen LogP) is 4.59. The minimum Gasteiger partial charge on any atom is -0.461 e. The number of anilines is 2. The van der Waals surface area contributed by atoms with Crippen molar-refractivity contribution in [1.29, 1.82) is 0 Å². The predicted molar refractivity (Wildman–Crippen MR) is 141 cm³/mol. The van der Waals surface area contributed by atoms with Gasteiger partial charge in [0.15, 0.2) is 11.6 Å². The van der Waals surface area contributed by atoms with E-state index in [1.54, 1.807) is 18.4 Å². The van der Waals surface area contributed by atoms with Gasteiger partial charge in [0, 0.05) is 50.2 Å². The molecule has 2 aromatic carbocycles. The number of furan rings is 1. The van der Waals surface area contributed by atoms with Crippen molar-refractivity contribution in [3.8, 4) is 11.6 Å². The Morgan fingerprint density at radius 3 is 2.59 bits per heavy atom. The van der Waals surface area contributed by atoms with Gasteiger partial charge in [-0.2, -0.15) is 0 Å². The lowest BCUT2D eigenvalue weighted by Crippen LogP contribution is -2.38. The van der Waals surface area contributed by atoms with Crippen molar-refractivity contribution < 1.29 is 18.3 Å². The lowest BCUT2D eigenvalue weighted by Gasteiger charge is -2.29. The molecule has 9 heteroatoms. The number of aromatic nitrogens is 2. The number of nitrogens with one attached hydrogen (secondary N) is 1. The quantitative estimate of drug-likeness (QED) is 0.339. The molecule has 1 aliphatic rings. The van der Waals surface area contributed by atoms with Crippen LogP contribution in [0.25, 0.3) is 22.5 Å². The Hall–Kier alpha value is -3.82. The van der Waals surface area contributed by atoms with E-state index in [0.717, 1.165) is 62.5 Å². The molecule has 1 aliphatic heterocycles. The van der Waals surface area contributed by atoms with Crippen LogP contribution in [-0.4, -0.2) is 66.7 Å².